The van der Waals surface area contributed by atoms with E-state index >= 15 is 0 Å². The Morgan fingerprint density at radius 3 is 2.31 bits per heavy atom. The fourth-order valence-corrected chi connectivity index (χ4v) is 5.41. The van der Waals surface area contributed by atoms with Crippen molar-refractivity contribution in [2.45, 2.75) is 63.3 Å². The second kappa shape index (κ2) is 8.09. The lowest BCUT2D eigenvalue weighted by atomic mass is 9.72. The van der Waals surface area contributed by atoms with Gasteiger partial charge in [-0.05, 0) is 38.2 Å². The summed E-state index contributed by atoms with van der Waals surface area (Å²) in [7, 11) is -3.20. The zero-order valence-corrected chi connectivity index (χ0v) is 16.4. The van der Waals surface area contributed by atoms with Crippen molar-refractivity contribution in [3.8, 4) is 0 Å². The van der Waals surface area contributed by atoms with Crippen molar-refractivity contribution >= 4 is 15.9 Å². The molecule has 1 heterocycles. The van der Waals surface area contributed by atoms with Crippen molar-refractivity contribution in [2.75, 3.05) is 18.8 Å². The third kappa shape index (κ3) is 3.96. The third-order valence-electron chi connectivity index (χ3n) is 6.04. The molecule has 26 heavy (non-hydrogen) atoms. The van der Waals surface area contributed by atoms with E-state index in [0.29, 0.717) is 25.9 Å². The topological polar surface area (TPSA) is 66.5 Å². The number of nitrogens with zero attached hydrogens (tertiary/aromatic N) is 1. The Kier molecular flexibility index (Phi) is 6.03. The van der Waals surface area contributed by atoms with Crippen LogP contribution in [0.4, 0.5) is 0 Å². The smallest absolute Gasteiger partial charge is 0.230 e. The molecule has 5 nitrogen and oxygen atoms in total. The molecule has 1 saturated carbocycles. The summed E-state index contributed by atoms with van der Waals surface area (Å²) in [5.41, 5.74) is 0.375. The summed E-state index contributed by atoms with van der Waals surface area (Å²) in [5, 5.41) is 3.29. The largest absolute Gasteiger partial charge is 0.353 e. The molecule has 1 saturated heterocycles. The van der Waals surface area contributed by atoms with Crippen LogP contribution in [-0.2, 0) is 20.2 Å². The molecule has 6 heteroatoms. The lowest BCUT2D eigenvalue weighted by Crippen LogP contribution is -2.54. The van der Waals surface area contributed by atoms with Gasteiger partial charge in [-0.3, -0.25) is 4.79 Å². The van der Waals surface area contributed by atoms with E-state index in [1.165, 1.54) is 19.3 Å². The van der Waals surface area contributed by atoms with E-state index in [0.717, 1.165) is 18.4 Å². The Morgan fingerprint density at radius 1 is 1.12 bits per heavy atom. The number of nitrogens with one attached hydrogen (secondary N) is 1. The van der Waals surface area contributed by atoms with Gasteiger partial charge in [0.25, 0.3) is 0 Å². The predicted octanol–water partition coefficient (Wildman–Crippen LogP) is 2.82. The minimum absolute atomic E-state index is 0.0733. The molecule has 144 valence electrons. The van der Waals surface area contributed by atoms with Crippen LogP contribution in [0.5, 0.6) is 0 Å². The molecule has 0 spiro atoms. The second-order valence-corrected chi connectivity index (χ2v) is 9.81. The van der Waals surface area contributed by atoms with Gasteiger partial charge < -0.3 is 5.32 Å². The van der Waals surface area contributed by atoms with Crippen molar-refractivity contribution in [3.63, 3.8) is 0 Å². The molecule has 1 aliphatic heterocycles. The average Bonchev–Trinajstić information content (AvgIpc) is 2.69. The number of sulfonamides is 1. The van der Waals surface area contributed by atoms with E-state index in [1.54, 1.807) is 11.2 Å². The van der Waals surface area contributed by atoms with Crippen LogP contribution < -0.4 is 5.32 Å². The number of piperidine rings is 1. The highest BCUT2D eigenvalue weighted by molar-refractivity contribution is 7.89. The maximum absolute atomic E-state index is 13.3. The first-order valence-corrected chi connectivity index (χ1v) is 11.4. The van der Waals surface area contributed by atoms with Crippen molar-refractivity contribution in [2.24, 2.45) is 0 Å². The molecule has 2 fully saturated rings. The Balaban J connectivity index is 1.81. The predicted molar refractivity (Wildman–Crippen MR) is 103 cm³/mol. The molecule has 1 N–H and O–H groups in total. The molecule has 0 bridgehead atoms. The molecular formula is C20H30N2O3S. The number of rotatable bonds is 5. The SMILES string of the molecule is CCS(=O)(=O)N1CCC(C(=O)NC2CCCCC2)(c2ccccc2)CC1. The van der Waals surface area contributed by atoms with Crippen LogP contribution >= 0.6 is 0 Å². The van der Waals surface area contributed by atoms with Crippen LogP contribution in [0.25, 0.3) is 0 Å². The first-order valence-electron chi connectivity index (χ1n) is 9.82. The van der Waals surface area contributed by atoms with Gasteiger partial charge in [0.15, 0.2) is 0 Å². The van der Waals surface area contributed by atoms with Crippen molar-refractivity contribution in [1.29, 1.82) is 0 Å². The van der Waals surface area contributed by atoms with Gasteiger partial charge in [-0.25, -0.2) is 12.7 Å². The van der Waals surface area contributed by atoms with E-state index in [-0.39, 0.29) is 17.7 Å². The zero-order valence-electron chi connectivity index (χ0n) is 15.6. The van der Waals surface area contributed by atoms with Crippen LogP contribution in [-0.4, -0.2) is 43.5 Å². The number of hydrogen-bond acceptors (Lipinski definition) is 3. The quantitative estimate of drug-likeness (QED) is 0.857. The molecule has 0 radical (unpaired) electrons. The maximum Gasteiger partial charge on any atom is 0.230 e. The van der Waals surface area contributed by atoms with Crippen LogP contribution in [0.1, 0.15) is 57.4 Å². The summed E-state index contributed by atoms with van der Waals surface area (Å²) in [4.78, 5) is 13.3. The summed E-state index contributed by atoms with van der Waals surface area (Å²) in [6.07, 6.45) is 6.77. The normalized spacial score (nSPS) is 22.0. The molecule has 1 aromatic carbocycles. The number of benzene rings is 1. The molecule has 0 aromatic heterocycles. The Hall–Kier alpha value is -1.40. The maximum atomic E-state index is 13.3. The fourth-order valence-electron chi connectivity index (χ4n) is 4.30. The number of hydrogen-bond donors (Lipinski definition) is 1. The lowest BCUT2D eigenvalue weighted by molar-refractivity contribution is -0.129. The van der Waals surface area contributed by atoms with E-state index in [2.05, 4.69) is 5.32 Å². The van der Waals surface area contributed by atoms with E-state index in [1.807, 2.05) is 30.3 Å². The van der Waals surface area contributed by atoms with Gasteiger partial charge in [0.2, 0.25) is 15.9 Å². The fraction of sp³-hybridized carbons (Fsp3) is 0.650. The monoisotopic (exact) mass is 378 g/mol. The molecule has 0 atom stereocenters. The molecule has 1 aromatic rings. The summed E-state index contributed by atoms with van der Waals surface area (Å²) in [6.45, 7) is 2.48. The number of carbonyl (C=O) groups excluding carboxylic acids is 1. The van der Waals surface area contributed by atoms with Crippen molar-refractivity contribution in [1.82, 2.24) is 9.62 Å². The Labute approximate surface area is 157 Å². The van der Waals surface area contributed by atoms with E-state index in [4.69, 9.17) is 0 Å². The molecular weight excluding hydrogens is 348 g/mol. The van der Waals surface area contributed by atoms with Gasteiger partial charge in [0, 0.05) is 19.1 Å². The summed E-state index contributed by atoms with van der Waals surface area (Å²) in [6, 6.07) is 10.1. The Bertz CT molecular complexity index is 704. The minimum atomic E-state index is -3.20. The Morgan fingerprint density at radius 2 is 1.73 bits per heavy atom. The highest BCUT2D eigenvalue weighted by Crippen LogP contribution is 2.37. The molecule has 1 amide bonds. The van der Waals surface area contributed by atoms with Crippen molar-refractivity contribution in [3.05, 3.63) is 35.9 Å². The van der Waals surface area contributed by atoms with Crippen LogP contribution in [0.2, 0.25) is 0 Å². The first kappa shape index (κ1) is 19.4. The van der Waals surface area contributed by atoms with Crippen LogP contribution in [0, 0.1) is 0 Å². The number of carbonyl (C=O) groups is 1. The van der Waals surface area contributed by atoms with Gasteiger partial charge >= 0.3 is 0 Å². The van der Waals surface area contributed by atoms with Gasteiger partial charge in [0.1, 0.15) is 0 Å². The highest BCUT2D eigenvalue weighted by Gasteiger charge is 2.45. The second-order valence-electron chi connectivity index (χ2n) is 7.56. The standard InChI is InChI=1S/C20H30N2O3S/c1-2-26(24,25)22-15-13-20(14-16-22,17-9-5-3-6-10-17)19(23)21-18-11-7-4-8-12-18/h3,5-6,9-10,18H,2,4,7-8,11-16H2,1H3,(H,21,23). The molecule has 3 rings (SSSR count). The van der Waals surface area contributed by atoms with E-state index in [9.17, 15) is 13.2 Å². The number of amides is 1. The average molecular weight is 379 g/mol. The first-order chi connectivity index (χ1) is 12.5. The zero-order chi connectivity index (χ0) is 18.6. The van der Waals surface area contributed by atoms with Crippen molar-refractivity contribution < 1.29 is 13.2 Å². The van der Waals surface area contributed by atoms with Gasteiger partial charge in [-0.15, -0.1) is 0 Å². The van der Waals surface area contributed by atoms with Gasteiger partial charge in [-0.2, -0.15) is 0 Å². The lowest BCUT2D eigenvalue weighted by Gasteiger charge is -2.41. The molecule has 1 aliphatic carbocycles. The molecule has 0 unspecified atom stereocenters. The molecule has 2 aliphatic rings. The van der Waals surface area contributed by atoms with Crippen LogP contribution in [0.3, 0.4) is 0 Å². The van der Waals surface area contributed by atoms with E-state index < -0.39 is 15.4 Å². The summed E-state index contributed by atoms with van der Waals surface area (Å²) in [5.74, 6) is 0.184. The van der Waals surface area contributed by atoms with Gasteiger partial charge in [-0.1, -0.05) is 49.6 Å². The van der Waals surface area contributed by atoms with Gasteiger partial charge in [0.05, 0.1) is 11.2 Å². The highest BCUT2D eigenvalue weighted by atomic mass is 32.2. The van der Waals surface area contributed by atoms with Crippen LogP contribution in [0.15, 0.2) is 30.3 Å². The third-order valence-corrected chi connectivity index (χ3v) is 7.92. The minimum Gasteiger partial charge on any atom is -0.353 e. The summed E-state index contributed by atoms with van der Waals surface area (Å²) >= 11 is 0. The summed E-state index contributed by atoms with van der Waals surface area (Å²) < 4.78 is 26.0.